The summed E-state index contributed by atoms with van der Waals surface area (Å²) in [6.45, 7) is 0. The molecule has 6 nitrogen and oxygen atoms in total. The lowest BCUT2D eigenvalue weighted by Crippen LogP contribution is -2.20. The summed E-state index contributed by atoms with van der Waals surface area (Å²) < 4.78 is 23.7. The average Bonchev–Trinajstić information content (AvgIpc) is 3.00. The number of carbonyl (C=O) groups is 1. The summed E-state index contributed by atoms with van der Waals surface area (Å²) in [5.41, 5.74) is 0.299. The number of aromatic carboxylic acids is 1. The van der Waals surface area contributed by atoms with Gasteiger partial charge in [0.1, 0.15) is 0 Å². The van der Waals surface area contributed by atoms with Crippen LogP contribution in [0.25, 0.3) is 11.3 Å². The molecule has 0 saturated carbocycles. The molecule has 2 N–H and O–H groups in total. The maximum atomic E-state index is 13.6. The van der Waals surface area contributed by atoms with Crippen LogP contribution in [0.5, 0.6) is 5.75 Å². The van der Waals surface area contributed by atoms with Crippen LogP contribution in [0.1, 0.15) is 29.6 Å². The topological polar surface area (TPSA) is 84.6 Å². The Hall–Kier alpha value is -2.83. The van der Waals surface area contributed by atoms with Gasteiger partial charge in [0, 0.05) is 11.6 Å². The number of methoxy groups -OCH3 is 1. The number of carboxylic acids is 1. The van der Waals surface area contributed by atoms with E-state index in [1.54, 1.807) is 0 Å². The summed E-state index contributed by atoms with van der Waals surface area (Å²) in [5, 5.41) is 16.5. The van der Waals surface area contributed by atoms with Gasteiger partial charge < -0.3 is 19.7 Å². The van der Waals surface area contributed by atoms with Crippen molar-refractivity contribution in [1.82, 2.24) is 5.16 Å². The Kier molecular flexibility index (Phi) is 4.50. The Morgan fingerprint density at radius 2 is 2.33 bits per heavy atom. The third kappa shape index (κ3) is 3.10. The van der Waals surface area contributed by atoms with Crippen LogP contribution in [0.4, 0.5) is 10.2 Å². The molecule has 126 valence electrons. The van der Waals surface area contributed by atoms with E-state index in [2.05, 4.69) is 10.5 Å². The lowest BCUT2D eigenvalue weighted by molar-refractivity contribution is 0.0698. The molecule has 2 aromatic rings. The smallest absolute Gasteiger partial charge is 0.343 e. The van der Waals surface area contributed by atoms with Crippen LogP contribution < -0.4 is 10.1 Å². The fourth-order valence-electron chi connectivity index (χ4n) is 2.69. The number of allylic oxidation sites excluding steroid dienone is 1. The van der Waals surface area contributed by atoms with Crippen molar-refractivity contribution in [2.24, 2.45) is 0 Å². The number of halogens is 1. The third-order valence-electron chi connectivity index (χ3n) is 3.90. The van der Waals surface area contributed by atoms with E-state index in [1.165, 1.54) is 25.3 Å². The zero-order chi connectivity index (χ0) is 17.1. The monoisotopic (exact) mass is 332 g/mol. The molecule has 1 aromatic heterocycles. The van der Waals surface area contributed by atoms with Crippen LogP contribution >= 0.6 is 0 Å². The van der Waals surface area contributed by atoms with E-state index in [0.717, 1.165) is 19.3 Å². The molecule has 0 radical (unpaired) electrons. The molecule has 1 aliphatic carbocycles. The standard InChI is InChI=1S/C17H17FN2O4/c1-23-13-9-10(7-8-12(13)18)15-14(17(21)22)16(20-24-15)19-11-5-3-2-4-6-11/h3,5,7-9,11H,2,4,6H2,1H3,(H,19,20)(H,21,22). The van der Waals surface area contributed by atoms with E-state index in [0.29, 0.717) is 5.56 Å². The summed E-state index contributed by atoms with van der Waals surface area (Å²) >= 11 is 0. The number of ether oxygens (including phenoxy) is 1. The number of benzene rings is 1. The predicted molar refractivity (Wildman–Crippen MR) is 85.8 cm³/mol. The molecule has 3 rings (SSSR count). The number of aromatic nitrogens is 1. The first kappa shape index (κ1) is 16.0. The minimum Gasteiger partial charge on any atom is -0.494 e. The number of nitrogens with zero attached hydrogens (tertiary/aromatic N) is 1. The minimum absolute atomic E-state index is 0.00459. The van der Waals surface area contributed by atoms with Crippen molar-refractivity contribution in [3.8, 4) is 17.1 Å². The molecule has 1 unspecified atom stereocenters. The average molecular weight is 332 g/mol. The molecule has 0 amide bonds. The lowest BCUT2D eigenvalue weighted by Gasteiger charge is -2.17. The van der Waals surface area contributed by atoms with Gasteiger partial charge in [-0.15, -0.1) is 0 Å². The van der Waals surface area contributed by atoms with Gasteiger partial charge in [-0.25, -0.2) is 9.18 Å². The molecule has 0 fully saturated rings. The van der Waals surface area contributed by atoms with E-state index >= 15 is 0 Å². The van der Waals surface area contributed by atoms with Crippen molar-refractivity contribution < 1.29 is 23.6 Å². The van der Waals surface area contributed by atoms with Gasteiger partial charge in [0.05, 0.1) is 7.11 Å². The van der Waals surface area contributed by atoms with Gasteiger partial charge in [0.15, 0.2) is 28.7 Å². The SMILES string of the molecule is COc1cc(-c2onc(NC3C=CCCC3)c2C(=O)O)ccc1F. The lowest BCUT2D eigenvalue weighted by atomic mass is 10.0. The highest BCUT2D eigenvalue weighted by molar-refractivity contribution is 5.99. The third-order valence-corrected chi connectivity index (χ3v) is 3.90. The molecule has 1 aromatic carbocycles. The first-order valence-corrected chi connectivity index (χ1v) is 7.60. The van der Waals surface area contributed by atoms with Crippen LogP contribution in [-0.4, -0.2) is 29.4 Å². The van der Waals surface area contributed by atoms with E-state index in [4.69, 9.17) is 9.26 Å². The van der Waals surface area contributed by atoms with Crippen molar-refractivity contribution in [2.45, 2.75) is 25.3 Å². The van der Waals surface area contributed by atoms with Gasteiger partial charge in [-0.3, -0.25) is 0 Å². The maximum absolute atomic E-state index is 13.6. The summed E-state index contributed by atoms with van der Waals surface area (Å²) in [6, 6.07) is 4.01. The highest BCUT2D eigenvalue weighted by Crippen LogP contribution is 2.33. The van der Waals surface area contributed by atoms with Crippen molar-refractivity contribution in [2.75, 3.05) is 12.4 Å². The molecular formula is C17H17FN2O4. The zero-order valence-electron chi connectivity index (χ0n) is 13.1. The van der Waals surface area contributed by atoms with E-state index in [1.807, 2.05) is 12.2 Å². The maximum Gasteiger partial charge on any atom is 0.343 e. The Bertz CT molecular complexity index is 785. The summed E-state index contributed by atoms with van der Waals surface area (Å²) in [7, 11) is 1.34. The molecular weight excluding hydrogens is 315 g/mol. The van der Waals surface area contributed by atoms with Crippen LogP contribution in [0.3, 0.4) is 0 Å². The summed E-state index contributed by atoms with van der Waals surface area (Å²) in [6.07, 6.45) is 6.97. The molecule has 0 saturated heterocycles. The second kappa shape index (κ2) is 6.74. The fourth-order valence-corrected chi connectivity index (χ4v) is 2.69. The van der Waals surface area contributed by atoms with E-state index < -0.39 is 11.8 Å². The Morgan fingerprint density at radius 3 is 3.00 bits per heavy atom. The Balaban J connectivity index is 1.98. The first-order valence-electron chi connectivity index (χ1n) is 7.60. The summed E-state index contributed by atoms with van der Waals surface area (Å²) in [4.78, 5) is 11.7. The van der Waals surface area contributed by atoms with Crippen molar-refractivity contribution in [3.05, 3.63) is 41.7 Å². The number of rotatable bonds is 5. The van der Waals surface area contributed by atoms with Crippen LogP contribution in [0.15, 0.2) is 34.9 Å². The Labute approximate surface area is 137 Å². The normalized spacial score (nSPS) is 16.8. The van der Waals surface area contributed by atoms with Crippen molar-refractivity contribution in [3.63, 3.8) is 0 Å². The van der Waals surface area contributed by atoms with E-state index in [-0.39, 0.29) is 28.9 Å². The number of nitrogens with one attached hydrogen (secondary N) is 1. The summed E-state index contributed by atoms with van der Waals surface area (Å²) in [5.74, 6) is -1.48. The molecule has 24 heavy (non-hydrogen) atoms. The molecule has 0 aliphatic heterocycles. The highest BCUT2D eigenvalue weighted by Gasteiger charge is 2.26. The second-order valence-corrected chi connectivity index (χ2v) is 5.50. The molecule has 7 heteroatoms. The minimum atomic E-state index is -1.17. The van der Waals surface area contributed by atoms with Gasteiger partial charge >= 0.3 is 5.97 Å². The van der Waals surface area contributed by atoms with Gasteiger partial charge in [-0.2, -0.15) is 0 Å². The van der Waals surface area contributed by atoms with Gasteiger partial charge in [0.2, 0.25) is 0 Å². The van der Waals surface area contributed by atoms with Gasteiger partial charge in [-0.1, -0.05) is 17.3 Å². The van der Waals surface area contributed by atoms with Gasteiger partial charge in [-0.05, 0) is 37.5 Å². The number of hydrogen-bond donors (Lipinski definition) is 2. The first-order chi connectivity index (χ1) is 11.6. The molecule has 0 bridgehead atoms. The molecule has 0 spiro atoms. The van der Waals surface area contributed by atoms with Crippen LogP contribution in [0, 0.1) is 5.82 Å². The second-order valence-electron chi connectivity index (χ2n) is 5.50. The predicted octanol–water partition coefficient (Wildman–Crippen LogP) is 3.71. The zero-order valence-corrected chi connectivity index (χ0v) is 13.1. The molecule has 1 heterocycles. The number of carboxylic acid groups (broad SMARTS) is 1. The molecule has 1 atom stereocenters. The van der Waals surface area contributed by atoms with Gasteiger partial charge in [0.25, 0.3) is 0 Å². The van der Waals surface area contributed by atoms with Crippen molar-refractivity contribution in [1.29, 1.82) is 0 Å². The largest absolute Gasteiger partial charge is 0.494 e. The quantitative estimate of drug-likeness (QED) is 0.812. The number of hydrogen-bond acceptors (Lipinski definition) is 5. The van der Waals surface area contributed by atoms with Crippen LogP contribution in [-0.2, 0) is 0 Å². The molecule has 1 aliphatic rings. The number of anilines is 1. The van der Waals surface area contributed by atoms with E-state index in [9.17, 15) is 14.3 Å². The van der Waals surface area contributed by atoms with Crippen molar-refractivity contribution >= 4 is 11.8 Å². The fraction of sp³-hybridized carbons (Fsp3) is 0.294. The highest BCUT2D eigenvalue weighted by atomic mass is 19.1. The van der Waals surface area contributed by atoms with Crippen LogP contribution in [0.2, 0.25) is 0 Å². The Morgan fingerprint density at radius 1 is 1.50 bits per heavy atom.